The SMILES string of the molecule is CC(C)C[C@H](NC(=O)C(C)n1nnc(-c2ccccc2)n1)C(=O)O. The minimum atomic E-state index is -1.05. The van der Waals surface area contributed by atoms with E-state index >= 15 is 0 Å². The molecule has 2 aromatic rings. The molecule has 24 heavy (non-hydrogen) atoms. The fourth-order valence-corrected chi connectivity index (χ4v) is 2.18. The van der Waals surface area contributed by atoms with E-state index in [0.717, 1.165) is 5.56 Å². The van der Waals surface area contributed by atoms with Crippen molar-refractivity contribution in [2.75, 3.05) is 0 Å². The molecule has 1 unspecified atom stereocenters. The number of nitrogens with one attached hydrogen (secondary N) is 1. The molecule has 0 bridgehead atoms. The van der Waals surface area contributed by atoms with Crippen molar-refractivity contribution in [3.05, 3.63) is 30.3 Å². The number of nitrogens with zero attached hydrogens (tertiary/aromatic N) is 4. The van der Waals surface area contributed by atoms with Crippen LogP contribution in [-0.2, 0) is 9.59 Å². The average Bonchev–Trinajstić information content (AvgIpc) is 3.03. The third-order valence-electron chi connectivity index (χ3n) is 3.51. The Morgan fingerprint density at radius 1 is 1.21 bits per heavy atom. The van der Waals surface area contributed by atoms with E-state index in [-0.39, 0.29) is 5.92 Å². The second-order valence-corrected chi connectivity index (χ2v) is 6.00. The van der Waals surface area contributed by atoms with Crippen LogP contribution in [0.5, 0.6) is 0 Å². The first-order chi connectivity index (χ1) is 11.4. The number of carboxylic acid groups (broad SMARTS) is 1. The molecule has 1 amide bonds. The molecule has 8 heteroatoms. The van der Waals surface area contributed by atoms with Crippen LogP contribution in [0.15, 0.2) is 30.3 Å². The molecule has 0 aliphatic carbocycles. The van der Waals surface area contributed by atoms with Crippen molar-refractivity contribution >= 4 is 11.9 Å². The monoisotopic (exact) mass is 331 g/mol. The topological polar surface area (TPSA) is 110 Å². The Kier molecular flexibility index (Phi) is 5.62. The maximum atomic E-state index is 12.3. The highest BCUT2D eigenvalue weighted by Gasteiger charge is 2.26. The Morgan fingerprint density at radius 2 is 1.88 bits per heavy atom. The van der Waals surface area contributed by atoms with Crippen molar-refractivity contribution < 1.29 is 14.7 Å². The van der Waals surface area contributed by atoms with Crippen LogP contribution in [0.3, 0.4) is 0 Å². The molecule has 1 heterocycles. The average molecular weight is 331 g/mol. The van der Waals surface area contributed by atoms with E-state index in [2.05, 4.69) is 20.7 Å². The van der Waals surface area contributed by atoms with Crippen LogP contribution in [0, 0.1) is 5.92 Å². The van der Waals surface area contributed by atoms with E-state index in [1.54, 1.807) is 6.92 Å². The van der Waals surface area contributed by atoms with Gasteiger partial charge in [0.05, 0.1) is 0 Å². The number of benzene rings is 1. The lowest BCUT2D eigenvalue weighted by atomic mass is 10.0. The van der Waals surface area contributed by atoms with Crippen LogP contribution >= 0.6 is 0 Å². The standard InChI is InChI=1S/C16H21N5O3/c1-10(2)9-13(16(23)24)17-15(22)11(3)21-19-14(18-20-21)12-7-5-4-6-8-12/h4-8,10-11,13H,9H2,1-3H3,(H,17,22)(H,23,24)/t11?,13-/m0/s1. The third-order valence-corrected chi connectivity index (χ3v) is 3.51. The highest BCUT2D eigenvalue weighted by molar-refractivity contribution is 5.85. The second-order valence-electron chi connectivity index (χ2n) is 6.00. The van der Waals surface area contributed by atoms with E-state index < -0.39 is 24.0 Å². The number of carbonyl (C=O) groups excluding carboxylic acids is 1. The minimum Gasteiger partial charge on any atom is -0.480 e. The first-order valence-electron chi connectivity index (χ1n) is 7.76. The molecule has 0 aliphatic heterocycles. The summed E-state index contributed by atoms with van der Waals surface area (Å²) in [5.41, 5.74) is 0.791. The highest BCUT2D eigenvalue weighted by Crippen LogP contribution is 2.14. The van der Waals surface area contributed by atoms with E-state index in [4.69, 9.17) is 0 Å². The van der Waals surface area contributed by atoms with E-state index in [9.17, 15) is 14.7 Å². The van der Waals surface area contributed by atoms with Gasteiger partial charge in [0.2, 0.25) is 11.7 Å². The van der Waals surface area contributed by atoms with Crippen LogP contribution in [0.25, 0.3) is 11.4 Å². The summed E-state index contributed by atoms with van der Waals surface area (Å²) in [5.74, 6) is -0.955. The predicted octanol–water partition coefficient (Wildman–Crippen LogP) is 1.52. The van der Waals surface area contributed by atoms with Crippen LogP contribution in [0.4, 0.5) is 0 Å². The second kappa shape index (κ2) is 7.67. The Labute approximate surface area is 139 Å². The Balaban J connectivity index is 2.08. The van der Waals surface area contributed by atoms with Gasteiger partial charge in [-0.2, -0.15) is 4.80 Å². The molecular formula is C16H21N5O3. The van der Waals surface area contributed by atoms with Crippen molar-refractivity contribution in [1.29, 1.82) is 0 Å². The number of rotatable bonds is 7. The molecule has 8 nitrogen and oxygen atoms in total. The zero-order chi connectivity index (χ0) is 17.7. The van der Waals surface area contributed by atoms with Crippen molar-refractivity contribution in [1.82, 2.24) is 25.5 Å². The molecular weight excluding hydrogens is 310 g/mol. The zero-order valence-electron chi connectivity index (χ0n) is 13.9. The number of aliphatic carboxylic acids is 1. The fraction of sp³-hybridized carbons (Fsp3) is 0.438. The molecule has 1 aromatic heterocycles. The van der Waals surface area contributed by atoms with Gasteiger partial charge >= 0.3 is 5.97 Å². The summed E-state index contributed by atoms with van der Waals surface area (Å²) in [6.45, 7) is 5.40. The third kappa shape index (κ3) is 4.37. The lowest BCUT2D eigenvalue weighted by Crippen LogP contribution is -2.44. The Bertz CT molecular complexity index is 699. The van der Waals surface area contributed by atoms with E-state index in [1.165, 1.54) is 4.80 Å². The molecule has 0 radical (unpaired) electrons. The van der Waals surface area contributed by atoms with Gasteiger partial charge in [-0.15, -0.1) is 10.2 Å². The summed E-state index contributed by atoms with van der Waals surface area (Å²) in [7, 11) is 0. The van der Waals surface area contributed by atoms with Crippen LogP contribution in [0.2, 0.25) is 0 Å². The van der Waals surface area contributed by atoms with Gasteiger partial charge in [-0.05, 0) is 24.5 Å². The van der Waals surface area contributed by atoms with E-state index in [1.807, 2.05) is 44.2 Å². The summed E-state index contributed by atoms with van der Waals surface area (Å²) in [6.07, 6.45) is 0.355. The summed E-state index contributed by atoms with van der Waals surface area (Å²) in [4.78, 5) is 24.7. The smallest absolute Gasteiger partial charge is 0.326 e. The van der Waals surface area contributed by atoms with Crippen LogP contribution in [-0.4, -0.2) is 43.2 Å². The lowest BCUT2D eigenvalue weighted by molar-refractivity contribution is -0.142. The number of hydrogen-bond donors (Lipinski definition) is 2. The van der Waals surface area contributed by atoms with Gasteiger partial charge in [0, 0.05) is 5.56 Å². The maximum absolute atomic E-state index is 12.3. The number of aromatic nitrogens is 4. The number of tetrazole rings is 1. The molecule has 0 saturated heterocycles. The summed E-state index contributed by atoms with van der Waals surface area (Å²) in [5, 5.41) is 23.8. The zero-order valence-corrected chi connectivity index (χ0v) is 13.9. The molecule has 2 rings (SSSR count). The molecule has 2 N–H and O–H groups in total. The van der Waals surface area contributed by atoms with Crippen molar-refractivity contribution in [2.24, 2.45) is 5.92 Å². The van der Waals surface area contributed by atoms with Crippen molar-refractivity contribution in [2.45, 2.75) is 39.3 Å². The molecule has 128 valence electrons. The van der Waals surface area contributed by atoms with Gasteiger partial charge < -0.3 is 10.4 Å². The molecule has 0 spiro atoms. The Morgan fingerprint density at radius 3 is 2.46 bits per heavy atom. The van der Waals surface area contributed by atoms with Gasteiger partial charge in [0.15, 0.2) is 0 Å². The fourth-order valence-electron chi connectivity index (χ4n) is 2.18. The van der Waals surface area contributed by atoms with Crippen molar-refractivity contribution in [3.8, 4) is 11.4 Å². The summed E-state index contributed by atoms with van der Waals surface area (Å²) in [6, 6.07) is 7.58. The van der Waals surface area contributed by atoms with Gasteiger partial charge in [-0.3, -0.25) is 4.79 Å². The highest BCUT2D eigenvalue weighted by atomic mass is 16.4. The molecule has 0 aliphatic rings. The number of hydrogen-bond acceptors (Lipinski definition) is 5. The first kappa shape index (κ1) is 17.6. The molecule has 2 atom stereocenters. The summed E-state index contributed by atoms with van der Waals surface area (Å²) >= 11 is 0. The van der Waals surface area contributed by atoms with Crippen LogP contribution in [0.1, 0.15) is 33.2 Å². The van der Waals surface area contributed by atoms with Crippen LogP contribution < -0.4 is 5.32 Å². The van der Waals surface area contributed by atoms with Crippen molar-refractivity contribution in [3.63, 3.8) is 0 Å². The summed E-state index contributed by atoms with van der Waals surface area (Å²) < 4.78 is 0. The first-order valence-corrected chi connectivity index (χ1v) is 7.76. The molecule has 0 fully saturated rings. The normalized spacial score (nSPS) is 13.5. The largest absolute Gasteiger partial charge is 0.480 e. The van der Waals surface area contributed by atoms with Gasteiger partial charge in [0.25, 0.3) is 0 Å². The quantitative estimate of drug-likeness (QED) is 0.796. The predicted molar refractivity (Wildman–Crippen MR) is 87.0 cm³/mol. The number of amides is 1. The van der Waals surface area contributed by atoms with Gasteiger partial charge in [0.1, 0.15) is 12.1 Å². The Hall–Kier alpha value is -2.77. The van der Waals surface area contributed by atoms with E-state index in [0.29, 0.717) is 12.2 Å². The van der Waals surface area contributed by atoms with Gasteiger partial charge in [-0.25, -0.2) is 4.79 Å². The van der Waals surface area contributed by atoms with Gasteiger partial charge in [-0.1, -0.05) is 44.2 Å². The number of carbonyl (C=O) groups is 2. The lowest BCUT2D eigenvalue weighted by Gasteiger charge is -2.18. The maximum Gasteiger partial charge on any atom is 0.326 e. The number of carboxylic acids is 1. The minimum absolute atomic E-state index is 0.149. The molecule has 0 saturated carbocycles. The molecule has 1 aromatic carbocycles.